The Morgan fingerprint density at radius 3 is 2.80 bits per heavy atom. The maximum Gasteiger partial charge on any atom is 0.220 e. The standard InChI is InChI=1S/C19H25N5O/c1-14-3-2-4-16-18(14)19(22-13-21-16)24-11-9-23(10-12-24)15-5-6-17(25)20-8-7-15/h2-4,13,15H,5-12H2,1H3,(H,20,25)/t15-/m1/s1. The van der Waals surface area contributed by atoms with E-state index in [0.717, 1.165) is 56.9 Å². The zero-order valence-electron chi connectivity index (χ0n) is 14.7. The van der Waals surface area contributed by atoms with Crippen LogP contribution in [0.15, 0.2) is 24.5 Å². The number of amides is 1. The summed E-state index contributed by atoms with van der Waals surface area (Å²) in [5.41, 5.74) is 2.24. The fourth-order valence-electron chi connectivity index (χ4n) is 4.07. The minimum Gasteiger partial charge on any atom is -0.356 e. The average molecular weight is 339 g/mol. The van der Waals surface area contributed by atoms with E-state index >= 15 is 0 Å². The van der Waals surface area contributed by atoms with Gasteiger partial charge in [0.1, 0.15) is 12.1 Å². The number of nitrogens with one attached hydrogen (secondary N) is 1. The number of aromatic nitrogens is 2. The van der Waals surface area contributed by atoms with Gasteiger partial charge in [0.15, 0.2) is 0 Å². The lowest BCUT2D eigenvalue weighted by Gasteiger charge is -2.39. The van der Waals surface area contributed by atoms with Crippen molar-refractivity contribution in [1.29, 1.82) is 0 Å². The van der Waals surface area contributed by atoms with Crippen molar-refractivity contribution in [3.8, 4) is 0 Å². The fraction of sp³-hybridized carbons (Fsp3) is 0.526. The summed E-state index contributed by atoms with van der Waals surface area (Å²) < 4.78 is 0. The van der Waals surface area contributed by atoms with Crippen molar-refractivity contribution in [1.82, 2.24) is 20.2 Å². The van der Waals surface area contributed by atoms with E-state index in [1.807, 2.05) is 6.07 Å². The van der Waals surface area contributed by atoms with Gasteiger partial charge in [0, 0.05) is 50.6 Å². The molecule has 2 saturated heterocycles. The lowest BCUT2D eigenvalue weighted by Crippen LogP contribution is -2.50. The van der Waals surface area contributed by atoms with Crippen LogP contribution in [0.4, 0.5) is 5.82 Å². The second-order valence-electron chi connectivity index (χ2n) is 7.02. The molecule has 3 heterocycles. The van der Waals surface area contributed by atoms with E-state index in [0.29, 0.717) is 12.5 Å². The third kappa shape index (κ3) is 3.31. The fourth-order valence-corrected chi connectivity index (χ4v) is 4.07. The lowest BCUT2D eigenvalue weighted by molar-refractivity contribution is -0.120. The monoisotopic (exact) mass is 339 g/mol. The summed E-state index contributed by atoms with van der Waals surface area (Å²) in [6, 6.07) is 6.75. The molecule has 1 aromatic heterocycles. The van der Waals surface area contributed by atoms with Gasteiger partial charge in [-0.05, 0) is 31.4 Å². The van der Waals surface area contributed by atoms with Gasteiger partial charge in [0.05, 0.1) is 5.52 Å². The highest BCUT2D eigenvalue weighted by molar-refractivity contribution is 5.92. The van der Waals surface area contributed by atoms with E-state index in [4.69, 9.17) is 0 Å². The van der Waals surface area contributed by atoms with Crippen molar-refractivity contribution in [3.05, 3.63) is 30.1 Å². The number of anilines is 1. The molecule has 2 aliphatic rings. The molecule has 1 amide bonds. The Labute approximate surface area is 148 Å². The highest BCUT2D eigenvalue weighted by Crippen LogP contribution is 2.27. The first kappa shape index (κ1) is 16.3. The van der Waals surface area contributed by atoms with Gasteiger partial charge in [-0.1, -0.05) is 12.1 Å². The molecule has 2 aliphatic heterocycles. The van der Waals surface area contributed by atoms with Crippen LogP contribution < -0.4 is 10.2 Å². The first-order valence-electron chi connectivity index (χ1n) is 9.18. The Hall–Kier alpha value is -2.21. The first-order valence-corrected chi connectivity index (χ1v) is 9.18. The molecule has 0 spiro atoms. The van der Waals surface area contributed by atoms with Crippen molar-refractivity contribution in [2.24, 2.45) is 0 Å². The van der Waals surface area contributed by atoms with Crippen LogP contribution in [0.5, 0.6) is 0 Å². The van der Waals surface area contributed by atoms with E-state index in [9.17, 15) is 4.79 Å². The maximum absolute atomic E-state index is 11.6. The number of carbonyl (C=O) groups excluding carboxylic acids is 1. The number of aryl methyl sites for hydroxylation is 1. The minimum atomic E-state index is 0.198. The summed E-state index contributed by atoms with van der Waals surface area (Å²) in [6.07, 6.45) is 4.36. The summed E-state index contributed by atoms with van der Waals surface area (Å²) in [4.78, 5) is 25.5. The van der Waals surface area contributed by atoms with Gasteiger partial charge < -0.3 is 10.2 Å². The molecule has 0 unspecified atom stereocenters. The lowest BCUT2D eigenvalue weighted by atomic mass is 10.1. The third-order valence-corrected chi connectivity index (χ3v) is 5.49. The second kappa shape index (κ2) is 6.96. The predicted octanol–water partition coefficient (Wildman–Crippen LogP) is 1.73. The highest BCUT2D eigenvalue weighted by atomic mass is 16.1. The van der Waals surface area contributed by atoms with Crippen LogP contribution in [0.25, 0.3) is 10.9 Å². The van der Waals surface area contributed by atoms with Crippen molar-refractivity contribution in [2.45, 2.75) is 32.2 Å². The molecule has 2 aromatic rings. The minimum absolute atomic E-state index is 0.198. The molecule has 1 aromatic carbocycles. The number of piperazine rings is 1. The Morgan fingerprint density at radius 1 is 1.12 bits per heavy atom. The van der Waals surface area contributed by atoms with Crippen LogP contribution in [0.3, 0.4) is 0 Å². The van der Waals surface area contributed by atoms with Gasteiger partial charge in [-0.15, -0.1) is 0 Å². The Kier molecular flexibility index (Phi) is 4.53. The summed E-state index contributed by atoms with van der Waals surface area (Å²) in [5, 5.41) is 4.15. The van der Waals surface area contributed by atoms with Gasteiger partial charge in [-0.2, -0.15) is 0 Å². The molecular weight excluding hydrogens is 314 g/mol. The normalized spacial score (nSPS) is 22.7. The molecule has 6 nitrogen and oxygen atoms in total. The van der Waals surface area contributed by atoms with Crippen LogP contribution in [0.2, 0.25) is 0 Å². The molecule has 1 atom stereocenters. The number of rotatable bonds is 2. The van der Waals surface area contributed by atoms with Crippen molar-refractivity contribution >= 4 is 22.6 Å². The van der Waals surface area contributed by atoms with E-state index in [1.165, 1.54) is 10.9 Å². The molecule has 0 bridgehead atoms. The molecule has 1 N–H and O–H groups in total. The molecule has 6 heteroatoms. The van der Waals surface area contributed by atoms with Crippen LogP contribution in [-0.2, 0) is 4.79 Å². The number of benzene rings is 1. The molecule has 4 rings (SSSR count). The van der Waals surface area contributed by atoms with E-state index in [-0.39, 0.29) is 5.91 Å². The van der Waals surface area contributed by atoms with Crippen LogP contribution in [0.1, 0.15) is 24.8 Å². The smallest absolute Gasteiger partial charge is 0.220 e. The van der Waals surface area contributed by atoms with Gasteiger partial charge in [0.25, 0.3) is 0 Å². The summed E-state index contributed by atoms with van der Waals surface area (Å²) in [6.45, 7) is 6.92. The van der Waals surface area contributed by atoms with E-state index in [1.54, 1.807) is 6.33 Å². The molecule has 2 fully saturated rings. The van der Waals surface area contributed by atoms with Crippen molar-refractivity contribution < 1.29 is 4.79 Å². The Balaban J connectivity index is 1.48. The maximum atomic E-state index is 11.6. The predicted molar refractivity (Wildman–Crippen MR) is 98.7 cm³/mol. The quantitative estimate of drug-likeness (QED) is 0.903. The zero-order chi connectivity index (χ0) is 17.2. The molecule has 0 radical (unpaired) electrons. The van der Waals surface area contributed by atoms with E-state index < -0.39 is 0 Å². The number of hydrogen-bond acceptors (Lipinski definition) is 5. The van der Waals surface area contributed by atoms with Crippen molar-refractivity contribution in [3.63, 3.8) is 0 Å². The molecular formula is C19H25N5O. The zero-order valence-corrected chi connectivity index (χ0v) is 14.7. The van der Waals surface area contributed by atoms with Gasteiger partial charge in [0.2, 0.25) is 5.91 Å². The van der Waals surface area contributed by atoms with Crippen molar-refractivity contribution in [2.75, 3.05) is 37.6 Å². The summed E-state index contributed by atoms with van der Waals surface area (Å²) in [5.74, 6) is 1.25. The SMILES string of the molecule is Cc1cccc2ncnc(N3CCN([C@H]4CCNC(=O)CC4)CC3)c12. The first-order chi connectivity index (χ1) is 12.2. The highest BCUT2D eigenvalue weighted by Gasteiger charge is 2.27. The molecule has 0 aliphatic carbocycles. The van der Waals surface area contributed by atoms with E-state index in [2.05, 4.69) is 44.1 Å². The topological polar surface area (TPSA) is 61.4 Å². The van der Waals surface area contributed by atoms with Gasteiger partial charge >= 0.3 is 0 Å². The summed E-state index contributed by atoms with van der Waals surface area (Å²) >= 11 is 0. The second-order valence-corrected chi connectivity index (χ2v) is 7.02. The number of hydrogen-bond donors (Lipinski definition) is 1. The Bertz CT molecular complexity index is 764. The molecule has 25 heavy (non-hydrogen) atoms. The van der Waals surface area contributed by atoms with Crippen LogP contribution >= 0.6 is 0 Å². The van der Waals surface area contributed by atoms with Crippen LogP contribution in [0, 0.1) is 6.92 Å². The average Bonchev–Trinajstić information content (AvgIpc) is 2.86. The summed E-state index contributed by atoms with van der Waals surface area (Å²) in [7, 11) is 0. The Morgan fingerprint density at radius 2 is 1.96 bits per heavy atom. The largest absolute Gasteiger partial charge is 0.356 e. The molecule has 0 saturated carbocycles. The van der Waals surface area contributed by atoms with Crippen LogP contribution in [-0.4, -0.2) is 59.5 Å². The third-order valence-electron chi connectivity index (χ3n) is 5.49. The molecule has 132 valence electrons. The van der Waals surface area contributed by atoms with Gasteiger partial charge in [-0.3, -0.25) is 9.69 Å². The number of fused-ring (bicyclic) bond motifs is 1. The van der Waals surface area contributed by atoms with Gasteiger partial charge in [-0.25, -0.2) is 9.97 Å². The number of nitrogens with zero attached hydrogens (tertiary/aromatic N) is 4. The number of carbonyl (C=O) groups is 1.